The molecule has 1 aromatic carbocycles. The second-order valence-electron chi connectivity index (χ2n) is 5.99. The van der Waals surface area contributed by atoms with Crippen LogP contribution in [0.5, 0.6) is 5.75 Å². The van der Waals surface area contributed by atoms with Gasteiger partial charge in [0.1, 0.15) is 18.5 Å². The second-order valence-corrected chi connectivity index (χ2v) is 7.42. The Kier molecular flexibility index (Phi) is 4.50. The molecule has 140 valence electrons. The Bertz CT molecular complexity index is 1060. The molecule has 1 amide bonds. The number of nitrogens with zero attached hydrogens (tertiary/aromatic N) is 4. The highest BCUT2D eigenvalue weighted by Crippen LogP contribution is 2.34. The Morgan fingerprint density at radius 3 is 3.07 bits per heavy atom. The van der Waals surface area contributed by atoms with E-state index in [9.17, 15) is 9.90 Å². The summed E-state index contributed by atoms with van der Waals surface area (Å²) in [7, 11) is 3.28. The fraction of sp³-hybridized carbons (Fsp3) is 0.235. The Labute approximate surface area is 163 Å². The Hall–Kier alpha value is -2.62. The van der Waals surface area contributed by atoms with E-state index >= 15 is 0 Å². The number of methoxy groups -OCH3 is 1. The molecule has 0 spiro atoms. The van der Waals surface area contributed by atoms with E-state index in [1.807, 2.05) is 0 Å². The number of nitrogens with one attached hydrogen (secondary N) is 1. The van der Waals surface area contributed by atoms with Crippen molar-refractivity contribution in [3.05, 3.63) is 35.3 Å². The SMILES string of the molecule is COc1cc2nc(NC(=O)Cn3cnc4c3C=CC(O)N4C)sc2cc1Cl. The van der Waals surface area contributed by atoms with Crippen LogP contribution in [0.25, 0.3) is 16.3 Å². The fourth-order valence-corrected chi connectivity index (χ4v) is 4.04. The summed E-state index contributed by atoms with van der Waals surface area (Å²) >= 11 is 7.47. The number of aliphatic hydroxyl groups is 1. The summed E-state index contributed by atoms with van der Waals surface area (Å²) in [6, 6.07) is 3.50. The average Bonchev–Trinajstić information content (AvgIpc) is 3.20. The van der Waals surface area contributed by atoms with Gasteiger partial charge < -0.3 is 24.6 Å². The standard InChI is InChI=1S/C17H16ClN5O3S/c1-22-15(25)4-3-11-16(22)19-8-23(11)7-14(24)21-17-20-10-6-12(26-2)9(18)5-13(10)27-17/h3-6,8,15,25H,7H2,1-2H3,(H,20,21,24). The Morgan fingerprint density at radius 2 is 2.30 bits per heavy atom. The van der Waals surface area contributed by atoms with Crippen LogP contribution in [0, 0.1) is 0 Å². The molecule has 1 aliphatic rings. The van der Waals surface area contributed by atoms with Crippen molar-refractivity contribution in [1.29, 1.82) is 0 Å². The van der Waals surface area contributed by atoms with Gasteiger partial charge in [0.2, 0.25) is 5.91 Å². The third-order valence-corrected chi connectivity index (χ3v) is 5.47. The summed E-state index contributed by atoms with van der Waals surface area (Å²) in [5.41, 5.74) is 1.47. The molecule has 4 rings (SSSR count). The minimum absolute atomic E-state index is 0.0800. The first kappa shape index (κ1) is 17.8. The number of halogens is 1. The van der Waals surface area contributed by atoms with Gasteiger partial charge in [-0.2, -0.15) is 0 Å². The van der Waals surface area contributed by atoms with Crippen molar-refractivity contribution < 1.29 is 14.6 Å². The van der Waals surface area contributed by atoms with Crippen molar-refractivity contribution in [2.45, 2.75) is 12.8 Å². The maximum absolute atomic E-state index is 12.4. The molecule has 0 radical (unpaired) electrons. The predicted molar refractivity (Wildman–Crippen MR) is 105 cm³/mol. The Morgan fingerprint density at radius 1 is 1.48 bits per heavy atom. The fourth-order valence-electron chi connectivity index (χ4n) is 2.83. The van der Waals surface area contributed by atoms with Crippen LogP contribution in [0.4, 0.5) is 10.9 Å². The normalized spacial score (nSPS) is 15.9. The highest BCUT2D eigenvalue weighted by Gasteiger charge is 2.22. The van der Waals surface area contributed by atoms with Gasteiger partial charge in [0, 0.05) is 13.1 Å². The average molecular weight is 406 g/mol. The summed E-state index contributed by atoms with van der Waals surface area (Å²) < 4.78 is 7.76. The number of ether oxygens (including phenoxy) is 1. The van der Waals surface area contributed by atoms with Gasteiger partial charge in [-0.1, -0.05) is 22.9 Å². The summed E-state index contributed by atoms with van der Waals surface area (Å²) in [5.74, 6) is 0.935. The molecule has 0 aliphatic carbocycles. The van der Waals surface area contributed by atoms with Gasteiger partial charge >= 0.3 is 0 Å². The first-order valence-corrected chi connectivity index (χ1v) is 9.24. The molecular weight excluding hydrogens is 390 g/mol. The van der Waals surface area contributed by atoms with Gasteiger partial charge in [-0.15, -0.1) is 0 Å². The summed E-state index contributed by atoms with van der Waals surface area (Å²) in [5, 5.41) is 13.6. The lowest BCUT2D eigenvalue weighted by atomic mass is 10.2. The third kappa shape index (κ3) is 3.25. The van der Waals surface area contributed by atoms with E-state index in [1.165, 1.54) is 11.3 Å². The molecule has 8 nitrogen and oxygen atoms in total. The lowest BCUT2D eigenvalue weighted by molar-refractivity contribution is -0.116. The van der Waals surface area contributed by atoms with Crippen LogP contribution in [0.3, 0.4) is 0 Å². The number of fused-ring (bicyclic) bond motifs is 2. The zero-order valence-corrected chi connectivity index (χ0v) is 16.1. The molecule has 0 fully saturated rings. The van der Waals surface area contributed by atoms with Gasteiger partial charge in [0.15, 0.2) is 10.9 Å². The zero-order valence-electron chi connectivity index (χ0n) is 14.5. The van der Waals surface area contributed by atoms with Crippen LogP contribution in [-0.2, 0) is 11.3 Å². The predicted octanol–water partition coefficient (Wildman–Crippen LogP) is 2.57. The van der Waals surface area contributed by atoms with Crippen LogP contribution in [-0.4, -0.2) is 45.9 Å². The quantitative estimate of drug-likeness (QED) is 0.693. The highest BCUT2D eigenvalue weighted by atomic mass is 35.5. The first-order valence-electron chi connectivity index (χ1n) is 8.04. The van der Waals surface area contributed by atoms with Gasteiger partial charge in [0.05, 0.1) is 34.4 Å². The van der Waals surface area contributed by atoms with E-state index < -0.39 is 6.23 Å². The molecule has 1 unspecified atom stereocenters. The number of rotatable bonds is 4. The largest absolute Gasteiger partial charge is 0.495 e. The number of anilines is 2. The number of hydrogen-bond acceptors (Lipinski definition) is 7. The molecule has 0 saturated carbocycles. The van der Waals surface area contributed by atoms with Crippen molar-refractivity contribution in [3.63, 3.8) is 0 Å². The van der Waals surface area contributed by atoms with Crippen molar-refractivity contribution in [1.82, 2.24) is 14.5 Å². The molecule has 0 saturated heterocycles. The van der Waals surface area contributed by atoms with E-state index in [4.69, 9.17) is 16.3 Å². The van der Waals surface area contributed by atoms with E-state index in [0.29, 0.717) is 27.2 Å². The number of imidazole rings is 1. The van der Waals surface area contributed by atoms with E-state index in [-0.39, 0.29) is 12.5 Å². The molecular formula is C17H16ClN5O3S. The third-order valence-electron chi connectivity index (χ3n) is 4.24. The molecule has 3 heterocycles. The summed E-state index contributed by atoms with van der Waals surface area (Å²) in [6.45, 7) is 0.0800. The lowest BCUT2D eigenvalue weighted by Gasteiger charge is -2.25. The topological polar surface area (TPSA) is 92.5 Å². The van der Waals surface area contributed by atoms with E-state index in [2.05, 4.69) is 15.3 Å². The van der Waals surface area contributed by atoms with Crippen LogP contribution in [0.15, 0.2) is 24.5 Å². The molecule has 3 aromatic rings. The molecule has 27 heavy (non-hydrogen) atoms. The summed E-state index contributed by atoms with van der Waals surface area (Å²) in [6.07, 6.45) is 4.25. The number of benzene rings is 1. The number of carbonyl (C=O) groups excluding carboxylic acids is 1. The summed E-state index contributed by atoms with van der Waals surface area (Å²) in [4.78, 5) is 22.8. The van der Waals surface area contributed by atoms with Crippen LogP contribution in [0.1, 0.15) is 5.69 Å². The molecule has 1 atom stereocenters. The van der Waals surface area contributed by atoms with Crippen LogP contribution < -0.4 is 15.0 Å². The van der Waals surface area contributed by atoms with Crippen LogP contribution >= 0.6 is 22.9 Å². The van der Waals surface area contributed by atoms with Crippen molar-refractivity contribution in [2.75, 3.05) is 24.4 Å². The molecule has 0 bridgehead atoms. The molecule has 2 aromatic heterocycles. The van der Waals surface area contributed by atoms with E-state index in [0.717, 1.165) is 10.4 Å². The Balaban J connectivity index is 1.52. The minimum Gasteiger partial charge on any atom is -0.495 e. The maximum atomic E-state index is 12.4. The van der Waals surface area contributed by atoms with Crippen molar-refractivity contribution in [3.8, 4) is 5.75 Å². The van der Waals surface area contributed by atoms with Gasteiger partial charge in [-0.3, -0.25) is 4.79 Å². The van der Waals surface area contributed by atoms with Gasteiger partial charge in [-0.05, 0) is 18.2 Å². The number of aromatic nitrogens is 3. The van der Waals surface area contributed by atoms with Gasteiger partial charge in [0.25, 0.3) is 0 Å². The van der Waals surface area contributed by atoms with E-state index in [1.54, 1.807) is 54.2 Å². The number of aliphatic hydroxyl groups excluding tert-OH is 1. The minimum atomic E-state index is -0.721. The van der Waals surface area contributed by atoms with Gasteiger partial charge in [-0.25, -0.2) is 9.97 Å². The number of amides is 1. The number of likely N-dealkylation sites (N-methyl/N-ethyl adjacent to an activating group) is 1. The van der Waals surface area contributed by atoms with Crippen molar-refractivity contribution >= 4 is 56.1 Å². The van der Waals surface area contributed by atoms with Crippen molar-refractivity contribution in [2.24, 2.45) is 0 Å². The molecule has 2 N–H and O–H groups in total. The highest BCUT2D eigenvalue weighted by molar-refractivity contribution is 7.22. The second kappa shape index (κ2) is 6.84. The monoisotopic (exact) mass is 405 g/mol. The number of carbonyl (C=O) groups is 1. The number of hydrogen-bond donors (Lipinski definition) is 2. The lowest BCUT2D eigenvalue weighted by Crippen LogP contribution is -2.32. The molecule has 1 aliphatic heterocycles. The molecule has 10 heteroatoms. The van der Waals surface area contributed by atoms with Crippen LogP contribution in [0.2, 0.25) is 5.02 Å². The number of thiazole rings is 1. The maximum Gasteiger partial charge on any atom is 0.246 e. The zero-order chi connectivity index (χ0) is 19.1. The smallest absolute Gasteiger partial charge is 0.246 e. The first-order chi connectivity index (χ1) is 13.0.